The molecule has 0 aliphatic rings. The van der Waals surface area contributed by atoms with E-state index >= 15 is 0 Å². The first-order valence-electron chi connectivity index (χ1n) is 9.05. The summed E-state index contributed by atoms with van der Waals surface area (Å²) in [6, 6.07) is 27.0. The van der Waals surface area contributed by atoms with Gasteiger partial charge >= 0.3 is 0 Å². The maximum atomic E-state index is 9.41. The molecule has 0 radical (unpaired) electrons. The smallest absolute Gasteiger partial charge is 0.137 e. The van der Waals surface area contributed by atoms with Gasteiger partial charge in [0.25, 0.3) is 0 Å². The fourth-order valence-corrected chi connectivity index (χ4v) is 3.35. The number of nitrogens with two attached hydrogens (primary N) is 1. The number of halogens is 1. The van der Waals surface area contributed by atoms with Crippen LogP contribution in [0.15, 0.2) is 78.9 Å². The number of aromatic hydroxyl groups is 1. The Morgan fingerprint density at radius 1 is 0.846 bits per heavy atom. The Hall–Kier alpha value is -2.29. The average molecular weight is 367 g/mol. The summed E-state index contributed by atoms with van der Waals surface area (Å²) in [5.74, 6) is 0.320. The highest BCUT2D eigenvalue weighted by atomic mass is 35.5. The summed E-state index contributed by atoms with van der Waals surface area (Å²) in [5, 5.41) is 12.6. The first kappa shape index (κ1) is 18.5. The van der Waals surface area contributed by atoms with Crippen LogP contribution in [0.25, 0.3) is 0 Å². The van der Waals surface area contributed by atoms with Crippen molar-refractivity contribution in [1.82, 2.24) is 0 Å². The van der Waals surface area contributed by atoms with E-state index in [-0.39, 0.29) is 6.04 Å². The topological polar surface area (TPSA) is 36.8 Å². The highest BCUT2D eigenvalue weighted by Gasteiger charge is 2.20. The summed E-state index contributed by atoms with van der Waals surface area (Å²) in [7, 11) is 0. The van der Waals surface area contributed by atoms with Crippen LogP contribution in [0.1, 0.15) is 36.1 Å². The molecule has 0 aliphatic heterocycles. The monoisotopic (exact) mass is 366 g/mol. The molecule has 0 unspecified atom stereocenters. The van der Waals surface area contributed by atoms with E-state index in [9.17, 15) is 5.11 Å². The first-order valence-corrected chi connectivity index (χ1v) is 9.43. The van der Waals surface area contributed by atoms with Gasteiger partial charge in [-0.15, -0.1) is 0 Å². The maximum Gasteiger partial charge on any atom is 0.137 e. The Morgan fingerprint density at radius 2 is 1.46 bits per heavy atom. The number of rotatable bonds is 7. The van der Waals surface area contributed by atoms with E-state index in [0.29, 0.717) is 11.8 Å². The largest absolute Gasteiger partial charge is 0.508 e. The minimum Gasteiger partial charge on any atom is -0.508 e. The molecule has 0 fully saturated rings. The molecule has 2 atom stereocenters. The second kappa shape index (κ2) is 8.88. The zero-order valence-electron chi connectivity index (χ0n) is 15.0. The van der Waals surface area contributed by atoms with Gasteiger partial charge in [-0.25, -0.2) is 0 Å². The van der Waals surface area contributed by atoms with Crippen molar-refractivity contribution < 1.29 is 10.4 Å². The van der Waals surface area contributed by atoms with Gasteiger partial charge < -0.3 is 10.4 Å². The van der Waals surface area contributed by atoms with Crippen LogP contribution in [-0.2, 0) is 6.42 Å². The molecule has 0 bridgehead atoms. The van der Waals surface area contributed by atoms with Gasteiger partial charge in [-0.3, -0.25) is 0 Å². The van der Waals surface area contributed by atoms with Gasteiger partial charge in [0.15, 0.2) is 0 Å². The molecule has 0 amide bonds. The highest BCUT2D eigenvalue weighted by Crippen LogP contribution is 2.21. The van der Waals surface area contributed by atoms with E-state index in [0.717, 1.165) is 17.9 Å². The lowest BCUT2D eigenvalue weighted by atomic mass is 9.97. The molecule has 0 heterocycles. The summed E-state index contributed by atoms with van der Waals surface area (Å²) < 4.78 is 0. The van der Waals surface area contributed by atoms with Crippen LogP contribution in [0.3, 0.4) is 0 Å². The number of phenolic OH excluding ortho intramolecular Hbond substituents is 1. The number of phenols is 1. The van der Waals surface area contributed by atoms with Crippen LogP contribution in [-0.4, -0.2) is 11.1 Å². The van der Waals surface area contributed by atoms with Crippen LogP contribution < -0.4 is 5.32 Å². The molecule has 3 aromatic rings. The minimum absolute atomic E-state index is 0.253. The van der Waals surface area contributed by atoms with Gasteiger partial charge in [-0.05, 0) is 43.2 Å². The SMILES string of the molecule is C[C@@H](CCc1ccc(O)cc1)[NH2+][C@H](c1ccccc1)c1ccc(Cl)cc1. The van der Waals surface area contributed by atoms with E-state index in [4.69, 9.17) is 11.6 Å². The number of hydrogen-bond donors (Lipinski definition) is 2. The molecular weight excluding hydrogens is 342 g/mol. The third-order valence-electron chi connectivity index (χ3n) is 4.73. The van der Waals surface area contributed by atoms with Crippen molar-refractivity contribution in [1.29, 1.82) is 0 Å². The Balaban J connectivity index is 1.70. The van der Waals surface area contributed by atoms with Crippen molar-refractivity contribution in [3.63, 3.8) is 0 Å². The molecule has 3 aromatic carbocycles. The second-order valence-electron chi connectivity index (χ2n) is 6.81. The van der Waals surface area contributed by atoms with Gasteiger partial charge in [0.2, 0.25) is 0 Å². The molecule has 134 valence electrons. The molecule has 3 heteroatoms. The number of quaternary nitrogens is 1. The molecule has 0 spiro atoms. The molecule has 0 aromatic heterocycles. The van der Waals surface area contributed by atoms with E-state index in [2.05, 4.69) is 54.7 Å². The molecule has 2 nitrogen and oxygen atoms in total. The van der Waals surface area contributed by atoms with E-state index < -0.39 is 0 Å². The number of benzene rings is 3. The summed E-state index contributed by atoms with van der Waals surface area (Å²) >= 11 is 6.07. The van der Waals surface area contributed by atoms with E-state index in [1.54, 1.807) is 12.1 Å². The fraction of sp³-hybridized carbons (Fsp3) is 0.217. The van der Waals surface area contributed by atoms with Crippen LogP contribution in [0.4, 0.5) is 0 Å². The Morgan fingerprint density at radius 3 is 2.12 bits per heavy atom. The van der Waals surface area contributed by atoms with Gasteiger partial charge in [-0.1, -0.05) is 66.2 Å². The van der Waals surface area contributed by atoms with Crippen molar-refractivity contribution in [2.75, 3.05) is 0 Å². The Bertz CT molecular complexity index is 800. The summed E-state index contributed by atoms with van der Waals surface area (Å²) in [5.41, 5.74) is 3.81. The van der Waals surface area contributed by atoms with E-state index in [1.165, 1.54) is 16.7 Å². The van der Waals surface area contributed by atoms with Crippen molar-refractivity contribution in [3.8, 4) is 5.75 Å². The van der Waals surface area contributed by atoms with Crippen molar-refractivity contribution >= 4 is 11.6 Å². The Labute approximate surface area is 160 Å². The summed E-state index contributed by atoms with van der Waals surface area (Å²) in [6.07, 6.45) is 2.07. The average Bonchev–Trinajstić information content (AvgIpc) is 2.67. The molecule has 0 saturated heterocycles. The van der Waals surface area contributed by atoms with E-state index in [1.807, 2.05) is 24.3 Å². The van der Waals surface area contributed by atoms with Gasteiger partial charge in [-0.2, -0.15) is 0 Å². The van der Waals surface area contributed by atoms with Crippen molar-refractivity contribution in [2.24, 2.45) is 0 Å². The molecule has 3 rings (SSSR count). The van der Waals surface area contributed by atoms with Gasteiger partial charge in [0.05, 0.1) is 6.04 Å². The van der Waals surface area contributed by atoms with Gasteiger partial charge in [0.1, 0.15) is 11.8 Å². The lowest BCUT2D eigenvalue weighted by molar-refractivity contribution is -0.717. The minimum atomic E-state index is 0.253. The fourth-order valence-electron chi connectivity index (χ4n) is 3.23. The third-order valence-corrected chi connectivity index (χ3v) is 4.99. The molecule has 3 N–H and O–H groups in total. The molecule has 0 saturated carbocycles. The standard InChI is InChI=1S/C23H24ClNO/c1-17(7-8-18-9-15-22(26)16-10-18)25-23(19-5-3-2-4-6-19)20-11-13-21(24)14-12-20/h2-6,9-17,23,25-26H,7-8H2,1H3/p+1/t17-,23+/m0/s1. The van der Waals surface area contributed by atoms with Gasteiger partial charge in [0, 0.05) is 22.6 Å². The van der Waals surface area contributed by atoms with Crippen LogP contribution in [0, 0.1) is 0 Å². The van der Waals surface area contributed by atoms with Crippen LogP contribution in [0.5, 0.6) is 5.75 Å². The van der Waals surface area contributed by atoms with Crippen LogP contribution >= 0.6 is 11.6 Å². The zero-order chi connectivity index (χ0) is 18.4. The molecule has 26 heavy (non-hydrogen) atoms. The second-order valence-corrected chi connectivity index (χ2v) is 7.25. The number of hydrogen-bond acceptors (Lipinski definition) is 1. The quantitative estimate of drug-likeness (QED) is 0.623. The maximum absolute atomic E-state index is 9.41. The lowest BCUT2D eigenvalue weighted by Crippen LogP contribution is -2.90. The third kappa shape index (κ3) is 5.10. The van der Waals surface area contributed by atoms with Crippen molar-refractivity contribution in [3.05, 3.63) is 101 Å². The van der Waals surface area contributed by atoms with Crippen LogP contribution in [0.2, 0.25) is 5.02 Å². The predicted octanol–water partition coefficient (Wildman–Crippen LogP) is 4.72. The lowest BCUT2D eigenvalue weighted by Gasteiger charge is -2.21. The first-order chi connectivity index (χ1) is 12.6. The normalized spacial score (nSPS) is 13.3. The molecule has 0 aliphatic carbocycles. The predicted molar refractivity (Wildman–Crippen MR) is 108 cm³/mol. The molecular formula is C23H25ClNO+. The zero-order valence-corrected chi connectivity index (χ0v) is 15.7. The summed E-state index contributed by atoms with van der Waals surface area (Å²) in [4.78, 5) is 0. The highest BCUT2D eigenvalue weighted by molar-refractivity contribution is 6.30. The number of aryl methyl sites for hydroxylation is 1. The summed E-state index contributed by atoms with van der Waals surface area (Å²) in [6.45, 7) is 2.27. The Kier molecular flexibility index (Phi) is 6.32. The van der Waals surface area contributed by atoms with Crippen molar-refractivity contribution in [2.45, 2.75) is 31.8 Å².